The van der Waals surface area contributed by atoms with Gasteiger partial charge in [-0.3, -0.25) is 10.1 Å². The number of allylic oxidation sites excluding steroid dienone is 1. The van der Waals surface area contributed by atoms with Gasteiger partial charge >= 0.3 is 0 Å². The van der Waals surface area contributed by atoms with Gasteiger partial charge in [-0.15, -0.1) is 24.8 Å². The molecule has 200 valence electrons. The predicted octanol–water partition coefficient (Wildman–Crippen LogP) is 5.82. The Morgan fingerprint density at radius 2 is 2.03 bits per heavy atom. The van der Waals surface area contributed by atoms with Gasteiger partial charge in [-0.2, -0.15) is 4.98 Å². The first kappa shape index (κ1) is 31.1. The fraction of sp³-hybridized carbons (Fsp3) is 0.480. The molecule has 0 bridgehead atoms. The highest BCUT2D eigenvalue weighted by molar-refractivity contribution is 8.11. The van der Waals surface area contributed by atoms with Crippen LogP contribution in [-0.4, -0.2) is 45.4 Å². The summed E-state index contributed by atoms with van der Waals surface area (Å²) in [5, 5.41) is 16.6. The van der Waals surface area contributed by atoms with Gasteiger partial charge in [0.05, 0.1) is 6.61 Å². The molecule has 2 aromatic rings. The lowest BCUT2D eigenvalue weighted by Crippen LogP contribution is -2.27. The van der Waals surface area contributed by atoms with Gasteiger partial charge in [-0.25, -0.2) is 13.3 Å². The van der Waals surface area contributed by atoms with Crippen molar-refractivity contribution >= 4 is 28.7 Å². The molecule has 1 fully saturated rings. The Kier molecular flexibility index (Phi) is 14.4. The van der Waals surface area contributed by atoms with Crippen molar-refractivity contribution in [2.45, 2.75) is 52.4 Å². The monoisotopic (exact) mass is 523 g/mol. The Morgan fingerprint density at radius 3 is 2.64 bits per heavy atom. The number of fused-ring (bicyclic) bond motifs is 1. The van der Waals surface area contributed by atoms with E-state index in [1.54, 1.807) is 16.9 Å². The molecule has 2 heterocycles. The van der Waals surface area contributed by atoms with E-state index >= 15 is 0 Å². The van der Waals surface area contributed by atoms with E-state index in [1.807, 2.05) is 39.0 Å². The topological polar surface area (TPSA) is 102 Å². The van der Waals surface area contributed by atoms with Crippen LogP contribution in [0, 0.1) is 5.92 Å². The predicted molar refractivity (Wildman–Crippen MR) is 148 cm³/mol. The van der Waals surface area contributed by atoms with Crippen LogP contribution in [0.25, 0.3) is 5.65 Å². The number of nitrogens with two attached hydrogens (primary N) is 1. The lowest BCUT2D eigenvalue weighted by molar-refractivity contribution is -0.0498. The molecule has 0 atom stereocenters. The number of rotatable bonds is 8. The molecule has 0 aromatic carbocycles. The molecule has 1 saturated carbocycles. The maximum Gasteiger partial charge on any atom is 0.248 e. The third-order valence-electron chi connectivity index (χ3n) is 4.75. The zero-order valence-corrected chi connectivity index (χ0v) is 22.3. The van der Waals surface area contributed by atoms with Crippen molar-refractivity contribution < 1.29 is 13.5 Å². The first-order valence-electron chi connectivity index (χ1n) is 11.8. The molecule has 8 nitrogen and oxygen atoms in total. The second-order valence-electron chi connectivity index (χ2n) is 8.22. The number of aromatic nitrogens is 3. The van der Waals surface area contributed by atoms with Crippen molar-refractivity contribution in [2.75, 3.05) is 25.0 Å². The van der Waals surface area contributed by atoms with Crippen LogP contribution in [0.1, 0.15) is 46.5 Å². The minimum absolute atomic E-state index is 0.0671. The molecule has 36 heavy (non-hydrogen) atoms. The first-order chi connectivity index (χ1) is 17.2. The molecule has 1 aliphatic carbocycles. The van der Waals surface area contributed by atoms with Gasteiger partial charge in [0.25, 0.3) is 0 Å². The highest BCUT2D eigenvalue weighted by Gasteiger charge is 2.35. The number of anilines is 1. The van der Waals surface area contributed by atoms with Crippen LogP contribution in [0.5, 0.6) is 5.75 Å². The number of nitrogens with zero attached hydrogens (tertiary/aromatic N) is 4. The highest BCUT2D eigenvalue weighted by Crippen LogP contribution is 2.36. The van der Waals surface area contributed by atoms with Crippen LogP contribution in [0.4, 0.5) is 14.7 Å². The number of alkyl halides is 2. The number of halogens is 2. The van der Waals surface area contributed by atoms with E-state index in [4.69, 9.17) is 9.88 Å². The van der Waals surface area contributed by atoms with Gasteiger partial charge in [-0.05, 0) is 69.7 Å². The van der Waals surface area contributed by atoms with E-state index in [2.05, 4.69) is 45.4 Å². The summed E-state index contributed by atoms with van der Waals surface area (Å²) in [6.45, 7) is 17.0. The van der Waals surface area contributed by atoms with Crippen molar-refractivity contribution in [1.82, 2.24) is 19.9 Å². The number of amidine groups is 1. The Bertz CT molecular complexity index is 980. The highest BCUT2D eigenvalue weighted by atomic mass is 32.2. The van der Waals surface area contributed by atoms with Crippen LogP contribution in [0.15, 0.2) is 60.9 Å². The molecule has 11 heteroatoms. The zero-order chi connectivity index (χ0) is 27.0. The minimum atomic E-state index is -2.53. The smallest absolute Gasteiger partial charge is 0.248 e. The van der Waals surface area contributed by atoms with E-state index in [-0.39, 0.29) is 18.8 Å². The van der Waals surface area contributed by atoms with E-state index in [0.717, 1.165) is 11.9 Å². The third-order valence-corrected chi connectivity index (χ3v) is 5.22. The Labute approximate surface area is 217 Å². The molecule has 1 aliphatic rings. The molecule has 0 spiro atoms. The molecule has 4 N–H and O–H groups in total. The van der Waals surface area contributed by atoms with Crippen LogP contribution in [0.2, 0.25) is 0 Å². The van der Waals surface area contributed by atoms with Crippen molar-refractivity contribution in [3.8, 4) is 5.75 Å². The van der Waals surface area contributed by atoms with Crippen LogP contribution >= 0.6 is 11.9 Å². The van der Waals surface area contributed by atoms with E-state index < -0.39 is 5.92 Å². The maximum absolute atomic E-state index is 13.3. The van der Waals surface area contributed by atoms with E-state index in [1.165, 1.54) is 5.57 Å². The summed E-state index contributed by atoms with van der Waals surface area (Å²) in [5.41, 5.74) is 1.75. The van der Waals surface area contributed by atoms with Crippen molar-refractivity contribution in [3.63, 3.8) is 0 Å². The van der Waals surface area contributed by atoms with Gasteiger partial charge in [0.2, 0.25) is 11.9 Å². The SMILES string of the molecule is C=C.C=C(C)C.CCN=C(N/C=C/CNc1nc2c(OCC3CCC(F)(F)CC3)cccn2n1)SN. The van der Waals surface area contributed by atoms with E-state index in [9.17, 15) is 8.78 Å². The van der Waals surface area contributed by atoms with Crippen molar-refractivity contribution in [2.24, 2.45) is 16.0 Å². The second-order valence-corrected chi connectivity index (χ2v) is 8.84. The third kappa shape index (κ3) is 11.7. The number of aliphatic imine (C=N–C) groups is 1. The maximum atomic E-state index is 13.3. The molecule has 0 unspecified atom stereocenters. The number of hydrogen-bond acceptors (Lipinski definition) is 7. The Hall–Kier alpha value is -2.92. The summed E-state index contributed by atoms with van der Waals surface area (Å²) in [7, 11) is 0. The zero-order valence-electron chi connectivity index (χ0n) is 21.5. The molecular weight excluding hydrogens is 484 g/mol. The van der Waals surface area contributed by atoms with Gasteiger partial charge in [0.1, 0.15) is 0 Å². The minimum Gasteiger partial charge on any atom is -0.489 e. The van der Waals surface area contributed by atoms with Crippen LogP contribution < -0.4 is 20.5 Å². The number of hydrogen-bond donors (Lipinski definition) is 3. The summed E-state index contributed by atoms with van der Waals surface area (Å²) >= 11 is 1.06. The normalized spacial score (nSPS) is 15.4. The first-order valence-corrected chi connectivity index (χ1v) is 12.7. The molecule has 2 aromatic heterocycles. The molecule has 0 aliphatic heterocycles. The number of ether oxygens (including phenoxy) is 1. The standard InChI is InChI=1S/C19H27F2N7OS.C4H8.C2H4/c1-2-23-18(30-22)25-11-4-10-24-17-26-16-15(5-3-12-28(16)27-17)29-13-14-6-8-19(20,21)9-7-14;1-4(2)3;1-2/h3-5,11-12,14H,2,6-10,13,22H2,1H3,(H,23,25)(H,24,27);1H2,2-3H3;1-2H2/b11-4+;;. The molecular formula is C25H39F2N7OS. The van der Waals surface area contributed by atoms with Crippen LogP contribution in [0.3, 0.4) is 0 Å². The molecule has 0 amide bonds. The quantitative estimate of drug-likeness (QED) is 0.174. The number of nitrogens with one attached hydrogen (secondary N) is 2. The fourth-order valence-corrected chi connectivity index (χ4v) is 3.48. The molecule has 3 rings (SSSR count). The average Bonchev–Trinajstić information content (AvgIpc) is 3.27. The lowest BCUT2D eigenvalue weighted by atomic mass is 9.87. The molecule has 0 radical (unpaired) electrons. The summed E-state index contributed by atoms with van der Waals surface area (Å²) in [4.78, 5) is 8.66. The van der Waals surface area contributed by atoms with Crippen molar-refractivity contribution in [3.05, 3.63) is 55.9 Å². The average molecular weight is 524 g/mol. The van der Waals surface area contributed by atoms with Gasteiger partial charge in [0.15, 0.2) is 16.6 Å². The summed E-state index contributed by atoms with van der Waals surface area (Å²) in [5.74, 6) is -1.34. The summed E-state index contributed by atoms with van der Waals surface area (Å²) < 4.78 is 34.1. The Morgan fingerprint density at radius 1 is 1.36 bits per heavy atom. The van der Waals surface area contributed by atoms with Gasteiger partial charge in [0, 0.05) is 38.3 Å². The number of pyridine rings is 1. The van der Waals surface area contributed by atoms with Crippen LogP contribution in [-0.2, 0) is 0 Å². The van der Waals surface area contributed by atoms with Gasteiger partial charge < -0.3 is 15.4 Å². The second kappa shape index (κ2) is 16.7. The largest absolute Gasteiger partial charge is 0.489 e. The lowest BCUT2D eigenvalue weighted by Gasteiger charge is -2.28. The fourth-order valence-electron chi connectivity index (χ4n) is 3.14. The summed E-state index contributed by atoms with van der Waals surface area (Å²) in [6, 6.07) is 3.63. The van der Waals surface area contributed by atoms with E-state index in [0.29, 0.717) is 55.1 Å². The van der Waals surface area contributed by atoms with Crippen molar-refractivity contribution in [1.29, 1.82) is 0 Å². The Balaban J connectivity index is 0.000000982. The molecule has 0 saturated heterocycles. The summed E-state index contributed by atoms with van der Waals surface area (Å²) in [6.07, 6.45) is 6.21. The van der Waals surface area contributed by atoms with Gasteiger partial charge in [-0.1, -0.05) is 5.57 Å².